The lowest BCUT2D eigenvalue weighted by Gasteiger charge is -2.27. The van der Waals surface area contributed by atoms with Gasteiger partial charge in [0, 0.05) is 7.05 Å². The maximum absolute atomic E-state index is 13.5. The highest BCUT2D eigenvalue weighted by molar-refractivity contribution is 7.86. The number of methoxy groups -OCH3 is 1. The average molecular weight is 502 g/mol. The van der Waals surface area contributed by atoms with E-state index >= 15 is 0 Å². The SMILES string of the molecule is COc1cccc(-c2cccc(C3(c4cccc(OS(C)(=O)=O)c4)N=C(N)N(C)C3=O)c2)c1.Cl. The van der Waals surface area contributed by atoms with Gasteiger partial charge in [-0.3, -0.25) is 9.69 Å². The average Bonchev–Trinajstić information content (AvgIpc) is 3.03. The van der Waals surface area contributed by atoms with Crippen LogP contribution >= 0.6 is 12.4 Å². The molecular formula is C24H24ClN3O5S. The first-order valence-corrected chi connectivity index (χ1v) is 11.8. The molecule has 1 aliphatic heterocycles. The smallest absolute Gasteiger partial charge is 0.306 e. The number of ether oxygens (including phenoxy) is 1. The molecule has 0 radical (unpaired) electrons. The maximum Gasteiger partial charge on any atom is 0.306 e. The van der Waals surface area contributed by atoms with Gasteiger partial charge in [0.2, 0.25) is 0 Å². The second kappa shape index (κ2) is 9.36. The van der Waals surface area contributed by atoms with E-state index in [0.29, 0.717) is 16.9 Å². The summed E-state index contributed by atoms with van der Waals surface area (Å²) in [5.74, 6) is 0.479. The molecule has 1 aliphatic rings. The van der Waals surface area contributed by atoms with Crippen molar-refractivity contribution in [1.29, 1.82) is 0 Å². The molecular weight excluding hydrogens is 478 g/mol. The van der Waals surface area contributed by atoms with E-state index < -0.39 is 15.7 Å². The third-order valence-electron chi connectivity index (χ3n) is 5.42. The topological polar surface area (TPSA) is 111 Å². The lowest BCUT2D eigenvalue weighted by molar-refractivity contribution is -0.129. The van der Waals surface area contributed by atoms with Crippen molar-refractivity contribution in [1.82, 2.24) is 4.90 Å². The second-order valence-corrected chi connectivity index (χ2v) is 9.25. The van der Waals surface area contributed by atoms with Gasteiger partial charge in [-0.05, 0) is 52.6 Å². The Morgan fingerprint density at radius 3 is 2.06 bits per heavy atom. The Bertz CT molecular complexity index is 1380. The molecule has 2 N–H and O–H groups in total. The molecule has 0 aromatic heterocycles. The molecule has 3 aromatic carbocycles. The fourth-order valence-electron chi connectivity index (χ4n) is 3.86. The number of benzene rings is 3. The summed E-state index contributed by atoms with van der Waals surface area (Å²) in [5.41, 5.74) is 7.33. The summed E-state index contributed by atoms with van der Waals surface area (Å²) in [6, 6.07) is 21.3. The number of aliphatic imine (C=N–C) groups is 1. The first-order valence-electron chi connectivity index (χ1n) is 10.0. The molecule has 34 heavy (non-hydrogen) atoms. The fraction of sp³-hybridized carbons (Fsp3) is 0.167. The van der Waals surface area contributed by atoms with Gasteiger partial charge >= 0.3 is 10.1 Å². The Morgan fingerprint density at radius 1 is 0.912 bits per heavy atom. The molecule has 0 saturated heterocycles. The quantitative estimate of drug-likeness (QED) is 0.519. The first-order chi connectivity index (χ1) is 15.6. The van der Waals surface area contributed by atoms with E-state index in [9.17, 15) is 13.2 Å². The summed E-state index contributed by atoms with van der Waals surface area (Å²) in [6.07, 6.45) is 0.956. The highest BCUT2D eigenvalue weighted by Crippen LogP contribution is 2.41. The second-order valence-electron chi connectivity index (χ2n) is 7.67. The highest BCUT2D eigenvalue weighted by Gasteiger charge is 2.49. The number of hydrogen-bond donors (Lipinski definition) is 1. The van der Waals surface area contributed by atoms with Crippen molar-refractivity contribution in [3.8, 4) is 22.6 Å². The zero-order valence-corrected chi connectivity index (χ0v) is 20.4. The van der Waals surface area contributed by atoms with Crippen LogP contribution in [0.2, 0.25) is 0 Å². The Labute approximate surface area is 204 Å². The minimum Gasteiger partial charge on any atom is -0.497 e. The fourth-order valence-corrected chi connectivity index (χ4v) is 4.31. The summed E-state index contributed by atoms with van der Waals surface area (Å²) in [7, 11) is -0.609. The molecule has 1 heterocycles. The van der Waals surface area contributed by atoms with Crippen LogP contribution in [0.1, 0.15) is 11.1 Å². The summed E-state index contributed by atoms with van der Waals surface area (Å²) < 4.78 is 33.7. The standard InChI is InChI=1S/C24H23N3O5S.ClH/c1-27-22(28)24(26-23(27)25,19-10-6-12-21(15-19)32-33(3,29)30)18-9-4-7-16(13-18)17-8-5-11-20(14-17)31-2;/h4-15H,1-3H3,(H2,25,26);1H. The summed E-state index contributed by atoms with van der Waals surface area (Å²) in [5, 5.41) is 0. The van der Waals surface area contributed by atoms with Gasteiger partial charge in [-0.2, -0.15) is 8.42 Å². The number of carbonyl (C=O) groups excluding carboxylic acids is 1. The largest absolute Gasteiger partial charge is 0.497 e. The molecule has 1 amide bonds. The molecule has 3 aromatic rings. The van der Waals surface area contributed by atoms with Gasteiger partial charge in [0.1, 0.15) is 11.5 Å². The summed E-state index contributed by atoms with van der Waals surface area (Å²) in [6.45, 7) is 0. The van der Waals surface area contributed by atoms with Crippen molar-refractivity contribution in [2.24, 2.45) is 10.7 Å². The number of amides is 1. The van der Waals surface area contributed by atoms with Crippen LogP contribution in [-0.4, -0.2) is 45.6 Å². The first kappa shape index (κ1) is 25.1. The third kappa shape index (κ3) is 4.57. The number of halogens is 1. The summed E-state index contributed by atoms with van der Waals surface area (Å²) >= 11 is 0. The Balaban J connectivity index is 0.00000324. The van der Waals surface area contributed by atoms with Crippen LogP contribution in [0.5, 0.6) is 11.5 Å². The van der Waals surface area contributed by atoms with Crippen LogP contribution in [-0.2, 0) is 20.5 Å². The van der Waals surface area contributed by atoms with Crippen LogP contribution in [0.4, 0.5) is 0 Å². The van der Waals surface area contributed by atoms with E-state index in [2.05, 4.69) is 4.99 Å². The van der Waals surface area contributed by atoms with Crippen LogP contribution < -0.4 is 14.7 Å². The van der Waals surface area contributed by atoms with Crippen molar-refractivity contribution in [2.75, 3.05) is 20.4 Å². The Kier molecular flexibility index (Phi) is 6.90. The number of rotatable bonds is 6. The molecule has 0 bridgehead atoms. The zero-order valence-electron chi connectivity index (χ0n) is 18.8. The van der Waals surface area contributed by atoms with Gasteiger partial charge < -0.3 is 14.7 Å². The van der Waals surface area contributed by atoms with E-state index in [1.807, 2.05) is 42.5 Å². The Morgan fingerprint density at radius 2 is 1.47 bits per heavy atom. The zero-order chi connectivity index (χ0) is 23.8. The van der Waals surface area contributed by atoms with Gasteiger partial charge in [0.25, 0.3) is 5.91 Å². The molecule has 4 rings (SSSR count). The lowest BCUT2D eigenvalue weighted by atomic mass is 9.81. The van der Waals surface area contributed by atoms with Crippen molar-refractivity contribution in [3.63, 3.8) is 0 Å². The number of nitrogens with two attached hydrogens (primary N) is 1. The number of likely N-dealkylation sites (N-methyl/N-ethyl adjacent to an activating group) is 1. The normalized spacial score (nSPS) is 17.7. The molecule has 0 fully saturated rings. The van der Waals surface area contributed by atoms with E-state index in [1.54, 1.807) is 32.4 Å². The minimum atomic E-state index is -3.75. The van der Waals surface area contributed by atoms with Crippen molar-refractivity contribution in [3.05, 3.63) is 83.9 Å². The van der Waals surface area contributed by atoms with E-state index in [1.165, 1.54) is 17.0 Å². The Hall–Kier alpha value is -3.56. The molecule has 0 spiro atoms. The van der Waals surface area contributed by atoms with Gasteiger partial charge in [-0.1, -0.05) is 42.5 Å². The molecule has 1 atom stereocenters. The molecule has 10 heteroatoms. The number of carbonyl (C=O) groups is 1. The van der Waals surface area contributed by atoms with Crippen LogP contribution in [0.3, 0.4) is 0 Å². The maximum atomic E-state index is 13.5. The van der Waals surface area contributed by atoms with Gasteiger partial charge in [0.05, 0.1) is 13.4 Å². The number of nitrogens with zero attached hydrogens (tertiary/aromatic N) is 2. The number of guanidine groups is 1. The summed E-state index contributed by atoms with van der Waals surface area (Å²) in [4.78, 5) is 19.4. The minimum absolute atomic E-state index is 0. The predicted octanol–water partition coefficient (Wildman–Crippen LogP) is 3.15. The predicted molar refractivity (Wildman–Crippen MR) is 133 cm³/mol. The van der Waals surface area contributed by atoms with E-state index in [4.69, 9.17) is 14.7 Å². The number of hydrogen-bond acceptors (Lipinski definition) is 7. The lowest BCUT2D eigenvalue weighted by Crippen LogP contribution is -2.41. The van der Waals surface area contributed by atoms with E-state index in [0.717, 1.165) is 17.4 Å². The van der Waals surface area contributed by atoms with Crippen LogP contribution in [0.15, 0.2) is 77.8 Å². The molecule has 1 unspecified atom stereocenters. The van der Waals surface area contributed by atoms with Gasteiger partial charge in [0.15, 0.2) is 11.5 Å². The molecule has 0 aliphatic carbocycles. The van der Waals surface area contributed by atoms with Gasteiger partial charge in [-0.15, -0.1) is 12.4 Å². The van der Waals surface area contributed by atoms with Crippen LogP contribution in [0.25, 0.3) is 11.1 Å². The van der Waals surface area contributed by atoms with Crippen molar-refractivity contribution in [2.45, 2.75) is 5.54 Å². The molecule has 178 valence electrons. The monoisotopic (exact) mass is 501 g/mol. The van der Waals surface area contributed by atoms with Gasteiger partial charge in [-0.25, -0.2) is 4.99 Å². The highest BCUT2D eigenvalue weighted by atomic mass is 35.5. The van der Waals surface area contributed by atoms with Crippen molar-refractivity contribution >= 4 is 34.4 Å². The molecule has 8 nitrogen and oxygen atoms in total. The van der Waals surface area contributed by atoms with Crippen molar-refractivity contribution < 1.29 is 22.1 Å². The third-order valence-corrected chi connectivity index (χ3v) is 5.92. The molecule has 0 saturated carbocycles. The van der Waals surface area contributed by atoms with E-state index in [-0.39, 0.29) is 30.0 Å². The van der Waals surface area contributed by atoms with Crippen LogP contribution in [0, 0.1) is 0 Å².